The van der Waals surface area contributed by atoms with Gasteiger partial charge in [-0.1, -0.05) is 84.9 Å². The van der Waals surface area contributed by atoms with Gasteiger partial charge >= 0.3 is 0 Å². The molecule has 0 aliphatic carbocycles. The van der Waals surface area contributed by atoms with Crippen molar-refractivity contribution in [3.05, 3.63) is 158 Å². The van der Waals surface area contributed by atoms with Gasteiger partial charge in [0, 0.05) is 58.7 Å². The minimum absolute atomic E-state index is 0.618. The molecular weight excluding hydrogens is 645 g/mol. The molecule has 0 aliphatic rings. The summed E-state index contributed by atoms with van der Waals surface area (Å²) in [5, 5.41) is 6.80. The highest BCUT2D eigenvalue weighted by atomic mass is 32.1. The van der Waals surface area contributed by atoms with Crippen molar-refractivity contribution in [2.24, 2.45) is 0 Å². The molecular formula is C45H26N4OS. The second kappa shape index (κ2) is 10.9. The normalized spacial score (nSPS) is 11.9. The number of nitrogens with zero attached hydrogens (tertiary/aromatic N) is 4. The summed E-state index contributed by atoms with van der Waals surface area (Å²) in [6.45, 7) is 0. The zero-order chi connectivity index (χ0) is 33.5. The Morgan fingerprint density at radius 1 is 0.431 bits per heavy atom. The first-order chi connectivity index (χ1) is 25.3. The highest BCUT2D eigenvalue weighted by molar-refractivity contribution is 7.25. The van der Waals surface area contributed by atoms with E-state index in [1.807, 2.05) is 36.4 Å². The standard InChI is InChI=1S/C45H26N4OS/c1-3-11-27(12-4-1)43-46-44(48-45(47-43)29-20-24-40-35(26-29)31-15-8-10-18-39(31)51-40)28-19-23-38-34(25-28)32-21-22-37-41(42(32)50-38)33-16-7-9-17-36(33)49(37)30-13-5-2-6-14-30/h1-26H. The molecule has 11 aromatic rings. The third-order valence-corrected chi connectivity index (χ3v) is 11.0. The van der Waals surface area contributed by atoms with Crippen LogP contribution in [0.2, 0.25) is 0 Å². The Hall–Kier alpha value is -6.63. The largest absolute Gasteiger partial charge is 0.455 e. The van der Waals surface area contributed by atoms with E-state index in [-0.39, 0.29) is 0 Å². The first-order valence-electron chi connectivity index (χ1n) is 16.9. The number of furan rings is 1. The van der Waals surface area contributed by atoms with Crippen molar-refractivity contribution in [3.63, 3.8) is 0 Å². The molecule has 7 aromatic carbocycles. The molecule has 4 heterocycles. The molecule has 0 unspecified atom stereocenters. The van der Waals surface area contributed by atoms with Crippen molar-refractivity contribution in [1.82, 2.24) is 19.5 Å². The molecule has 0 aliphatic heterocycles. The van der Waals surface area contributed by atoms with Gasteiger partial charge in [0.2, 0.25) is 0 Å². The number of fused-ring (bicyclic) bond motifs is 10. The van der Waals surface area contributed by atoms with Crippen LogP contribution < -0.4 is 0 Å². The van der Waals surface area contributed by atoms with Crippen molar-refractivity contribution >= 4 is 75.3 Å². The fraction of sp³-hybridized carbons (Fsp3) is 0. The van der Waals surface area contributed by atoms with E-state index >= 15 is 0 Å². The average molecular weight is 671 g/mol. The van der Waals surface area contributed by atoms with Crippen LogP contribution in [0.15, 0.2) is 162 Å². The van der Waals surface area contributed by atoms with Gasteiger partial charge < -0.3 is 8.98 Å². The Balaban J connectivity index is 1.12. The maximum absolute atomic E-state index is 6.70. The van der Waals surface area contributed by atoms with E-state index in [0.29, 0.717) is 17.5 Å². The highest BCUT2D eigenvalue weighted by Gasteiger charge is 2.20. The molecule has 11 rings (SSSR count). The molecule has 0 saturated carbocycles. The van der Waals surface area contributed by atoms with E-state index in [1.54, 1.807) is 11.3 Å². The van der Waals surface area contributed by atoms with Gasteiger partial charge in [0.25, 0.3) is 0 Å². The Labute approximate surface area is 295 Å². The summed E-state index contributed by atoms with van der Waals surface area (Å²) in [5.74, 6) is 1.90. The van der Waals surface area contributed by atoms with Crippen LogP contribution in [0.25, 0.3) is 104 Å². The second-order valence-electron chi connectivity index (χ2n) is 12.8. The van der Waals surface area contributed by atoms with Crippen molar-refractivity contribution in [2.75, 3.05) is 0 Å². The lowest BCUT2D eigenvalue weighted by molar-refractivity contribution is 0.673. The number of benzene rings is 7. The predicted molar refractivity (Wildman–Crippen MR) is 211 cm³/mol. The smallest absolute Gasteiger partial charge is 0.164 e. The zero-order valence-corrected chi connectivity index (χ0v) is 27.9. The van der Waals surface area contributed by atoms with Gasteiger partial charge in [-0.25, -0.2) is 15.0 Å². The van der Waals surface area contributed by atoms with Crippen LogP contribution in [0, 0.1) is 0 Å². The van der Waals surface area contributed by atoms with Gasteiger partial charge in [0.15, 0.2) is 17.5 Å². The Kier molecular flexibility index (Phi) is 6.05. The summed E-state index contributed by atoms with van der Waals surface area (Å²) >= 11 is 1.81. The lowest BCUT2D eigenvalue weighted by Gasteiger charge is -2.09. The first kappa shape index (κ1) is 28.2. The molecule has 0 radical (unpaired) electrons. The van der Waals surface area contributed by atoms with Crippen LogP contribution in [-0.4, -0.2) is 19.5 Å². The topological polar surface area (TPSA) is 56.7 Å². The molecule has 0 fully saturated rings. The lowest BCUT2D eigenvalue weighted by atomic mass is 10.1. The number of rotatable bonds is 4. The first-order valence-corrected chi connectivity index (χ1v) is 17.8. The molecule has 51 heavy (non-hydrogen) atoms. The van der Waals surface area contributed by atoms with E-state index < -0.39 is 0 Å². The van der Waals surface area contributed by atoms with Gasteiger partial charge in [-0.3, -0.25) is 0 Å². The minimum atomic E-state index is 0.618. The molecule has 4 aromatic heterocycles. The number of hydrogen-bond acceptors (Lipinski definition) is 5. The maximum atomic E-state index is 6.70. The van der Waals surface area contributed by atoms with Crippen LogP contribution >= 0.6 is 11.3 Å². The molecule has 0 amide bonds. The third-order valence-electron chi connectivity index (χ3n) is 9.85. The van der Waals surface area contributed by atoms with Crippen molar-refractivity contribution in [2.45, 2.75) is 0 Å². The van der Waals surface area contributed by atoms with Gasteiger partial charge in [0.1, 0.15) is 11.2 Å². The summed E-state index contributed by atoms with van der Waals surface area (Å²) in [4.78, 5) is 15.2. The van der Waals surface area contributed by atoms with Crippen LogP contribution in [0.5, 0.6) is 0 Å². The fourth-order valence-corrected chi connectivity index (χ4v) is 8.58. The van der Waals surface area contributed by atoms with Crippen LogP contribution in [-0.2, 0) is 0 Å². The molecule has 6 heteroatoms. The number of para-hydroxylation sites is 2. The highest BCUT2D eigenvalue weighted by Crippen LogP contribution is 2.42. The molecule has 0 atom stereocenters. The summed E-state index contributed by atoms with van der Waals surface area (Å²) in [6.07, 6.45) is 0. The van der Waals surface area contributed by atoms with E-state index in [0.717, 1.165) is 66.1 Å². The molecule has 0 N–H and O–H groups in total. The Bertz CT molecular complexity index is 3140. The molecule has 0 spiro atoms. The number of thiophene rings is 1. The van der Waals surface area contributed by atoms with Crippen molar-refractivity contribution in [3.8, 4) is 39.9 Å². The summed E-state index contributed by atoms with van der Waals surface area (Å²) in [7, 11) is 0. The lowest BCUT2D eigenvalue weighted by Crippen LogP contribution is -2.00. The summed E-state index contributed by atoms with van der Waals surface area (Å²) < 4.78 is 11.5. The van der Waals surface area contributed by atoms with Crippen LogP contribution in [0.4, 0.5) is 0 Å². The monoisotopic (exact) mass is 670 g/mol. The van der Waals surface area contributed by atoms with E-state index in [1.165, 1.54) is 20.2 Å². The molecule has 238 valence electrons. The molecule has 5 nitrogen and oxygen atoms in total. The zero-order valence-electron chi connectivity index (χ0n) is 27.1. The quantitative estimate of drug-likeness (QED) is 0.187. The number of hydrogen-bond donors (Lipinski definition) is 0. The SMILES string of the molecule is c1ccc(-c2nc(-c3ccc4oc5c(ccc6c5c5ccccc5n6-c5ccccc5)c4c3)nc(-c3ccc4sc5ccccc5c4c3)n2)cc1. The minimum Gasteiger partial charge on any atom is -0.455 e. The predicted octanol–water partition coefficient (Wildman–Crippen LogP) is 12.2. The Morgan fingerprint density at radius 2 is 1.06 bits per heavy atom. The molecule has 0 bridgehead atoms. The summed E-state index contributed by atoms with van der Waals surface area (Å²) in [5.41, 5.74) is 7.88. The second-order valence-corrected chi connectivity index (χ2v) is 13.9. The van der Waals surface area contributed by atoms with Crippen LogP contribution in [0.3, 0.4) is 0 Å². The Morgan fingerprint density at radius 3 is 1.86 bits per heavy atom. The third kappa shape index (κ3) is 4.37. The summed E-state index contributed by atoms with van der Waals surface area (Å²) in [6, 6.07) is 54.9. The van der Waals surface area contributed by atoms with Gasteiger partial charge in [0.05, 0.1) is 16.4 Å². The average Bonchev–Trinajstić information content (AvgIpc) is 3.87. The number of aromatic nitrogens is 4. The van der Waals surface area contributed by atoms with E-state index in [9.17, 15) is 0 Å². The maximum Gasteiger partial charge on any atom is 0.164 e. The van der Waals surface area contributed by atoms with Gasteiger partial charge in [-0.2, -0.15) is 0 Å². The molecule has 0 saturated heterocycles. The fourth-order valence-electron chi connectivity index (χ4n) is 7.50. The van der Waals surface area contributed by atoms with E-state index in [4.69, 9.17) is 19.4 Å². The van der Waals surface area contributed by atoms with Gasteiger partial charge in [-0.15, -0.1) is 11.3 Å². The van der Waals surface area contributed by atoms with Crippen molar-refractivity contribution < 1.29 is 4.42 Å². The van der Waals surface area contributed by atoms with E-state index in [2.05, 4.69) is 126 Å². The van der Waals surface area contributed by atoms with Gasteiger partial charge in [-0.05, 0) is 72.8 Å². The van der Waals surface area contributed by atoms with Crippen molar-refractivity contribution in [1.29, 1.82) is 0 Å². The van der Waals surface area contributed by atoms with Crippen LogP contribution in [0.1, 0.15) is 0 Å².